The van der Waals surface area contributed by atoms with E-state index in [2.05, 4.69) is 19.1 Å². The van der Waals surface area contributed by atoms with Gasteiger partial charge in [-0.1, -0.05) is 70.4 Å². The molecule has 0 bridgehead atoms. The lowest BCUT2D eigenvalue weighted by Gasteiger charge is -2.18. The summed E-state index contributed by atoms with van der Waals surface area (Å²) >= 11 is 0. The molecule has 16 heteroatoms. The minimum absolute atomic E-state index is 0.117. The third-order valence-corrected chi connectivity index (χ3v) is 9.17. The van der Waals surface area contributed by atoms with Crippen LogP contribution in [0.2, 0.25) is 0 Å². The standard InChI is InChI=1S/C47H92O16/c1-4-5-6-7-8-9-10-11-12-13-14-15-16-17-18-19-47(48)63-45-46(62-43-42-60-39-38-58-35-34-56-31-29-54-27-25-52-23-21-50-3)44-61-41-40-59-37-36-57-33-32-55-30-28-53-26-24-51-22-20-49-2/h11-12,46H,4-10,13-45H2,1-3H3/b12-11-. The maximum Gasteiger partial charge on any atom is 0.305 e. The predicted molar refractivity (Wildman–Crippen MR) is 243 cm³/mol. The summed E-state index contributed by atoms with van der Waals surface area (Å²) in [6.45, 7) is 14.2. The lowest BCUT2D eigenvalue weighted by molar-refractivity contribution is -0.150. The molecule has 0 aliphatic rings. The number of methoxy groups -OCH3 is 2. The summed E-state index contributed by atoms with van der Waals surface area (Å²) in [5.41, 5.74) is 0. The third-order valence-electron chi connectivity index (χ3n) is 9.17. The van der Waals surface area contributed by atoms with Crippen LogP contribution in [0.15, 0.2) is 12.2 Å². The van der Waals surface area contributed by atoms with Crippen LogP contribution < -0.4 is 0 Å². The summed E-state index contributed by atoms with van der Waals surface area (Å²) in [7, 11) is 3.29. The molecule has 16 nitrogen and oxygen atoms in total. The number of carbonyl (C=O) groups excluding carboxylic acids is 1. The molecule has 0 aromatic carbocycles. The monoisotopic (exact) mass is 913 g/mol. The van der Waals surface area contributed by atoms with Gasteiger partial charge >= 0.3 is 5.97 Å². The van der Waals surface area contributed by atoms with E-state index >= 15 is 0 Å². The minimum atomic E-state index is -0.421. The van der Waals surface area contributed by atoms with E-state index in [0.717, 1.165) is 25.7 Å². The maximum absolute atomic E-state index is 12.5. The molecule has 0 fully saturated rings. The molecule has 0 aliphatic carbocycles. The van der Waals surface area contributed by atoms with Crippen molar-refractivity contribution in [2.75, 3.05) is 186 Å². The zero-order chi connectivity index (χ0) is 45.5. The number of esters is 1. The van der Waals surface area contributed by atoms with Gasteiger partial charge in [-0.3, -0.25) is 4.79 Å². The van der Waals surface area contributed by atoms with Gasteiger partial charge in [-0.05, 0) is 32.1 Å². The van der Waals surface area contributed by atoms with E-state index in [1.54, 1.807) is 14.2 Å². The molecule has 63 heavy (non-hydrogen) atoms. The number of unbranched alkanes of at least 4 members (excludes halogenated alkanes) is 11. The van der Waals surface area contributed by atoms with Gasteiger partial charge in [-0.25, -0.2) is 0 Å². The maximum atomic E-state index is 12.5. The molecule has 0 amide bonds. The van der Waals surface area contributed by atoms with Gasteiger partial charge in [0.2, 0.25) is 0 Å². The van der Waals surface area contributed by atoms with E-state index in [1.807, 2.05) is 0 Å². The molecule has 0 aliphatic heterocycles. The van der Waals surface area contributed by atoms with Crippen molar-refractivity contribution in [1.29, 1.82) is 0 Å². The summed E-state index contributed by atoms with van der Waals surface area (Å²) < 4.78 is 82.2. The fourth-order valence-electron chi connectivity index (χ4n) is 5.60. The number of hydrogen-bond donors (Lipinski definition) is 0. The van der Waals surface area contributed by atoms with Crippen LogP contribution in [-0.2, 0) is 75.8 Å². The Bertz CT molecular complexity index is 886. The molecule has 0 rings (SSSR count). The van der Waals surface area contributed by atoms with Crippen LogP contribution in [0.1, 0.15) is 96.8 Å². The fourth-order valence-corrected chi connectivity index (χ4v) is 5.60. The van der Waals surface area contributed by atoms with Crippen molar-refractivity contribution in [2.45, 2.75) is 103 Å². The Labute approximate surface area is 382 Å². The van der Waals surface area contributed by atoms with Crippen LogP contribution >= 0.6 is 0 Å². The lowest BCUT2D eigenvalue weighted by Crippen LogP contribution is -2.29. The quantitative estimate of drug-likeness (QED) is 0.0374. The lowest BCUT2D eigenvalue weighted by atomic mass is 10.1. The number of carbonyl (C=O) groups is 1. The Morgan fingerprint density at radius 1 is 0.365 bits per heavy atom. The second-order valence-electron chi connectivity index (χ2n) is 14.7. The molecule has 0 aromatic heterocycles. The second kappa shape index (κ2) is 56.8. The zero-order valence-corrected chi connectivity index (χ0v) is 40.0. The van der Waals surface area contributed by atoms with Crippen molar-refractivity contribution in [3.05, 3.63) is 12.2 Å². The zero-order valence-electron chi connectivity index (χ0n) is 40.0. The highest BCUT2D eigenvalue weighted by atomic mass is 16.6. The fraction of sp³-hybridized carbons (Fsp3) is 0.936. The van der Waals surface area contributed by atoms with E-state index in [9.17, 15) is 4.79 Å². The summed E-state index contributed by atoms with van der Waals surface area (Å²) in [4.78, 5) is 12.5. The van der Waals surface area contributed by atoms with Crippen molar-refractivity contribution >= 4 is 5.97 Å². The molecule has 0 aromatic rings. The molecule has 0 N–H and O–H groups in total. The first-order valence-corrected chi connectivity index (χ1v) is 24.0. The Morgan fingerprint density at radius 3 is 1.06 bits per heavy atom. The largest absolute Gasteiger partial charge is 0.463 e. The number of ether oxygens (including phenoxy) is 15. The van der Waals surface area contributed by atoms with Crippen molar-refractivity contribution in [2.24, 2.45) is 0 Å². The number of hydrogen-bond acceptors (Lipinski definition) is 16. The van der Waals surface area contributed by atoms with Gasteiger partial charge < -0.3 is 71.1 Å². The van der Waals surface area contributed by atoms with Gasteiger partial charge in [-0.2, -0.15) is 0 Å². The van der Waals surface area contributed by atoms with Crippen molar-refractivity contribution in [1.82, 2.24) is 0 Å². The Balaban J connectivity index is 4.10. The Hall–Kier alpha value is -1.35. The van der Waals surface area contributed by atoms with Crippen molar-refractivity contribution < 1.29 is 75.8 Å². The Kier molecular flexibility index (Phi) is 55.6. The average Bonchev–Trinajstić information content (AvgIpc) is 3.29. The van der Waals surface area contributed by atoms with Gasteiger partial charge in [0.05, 0.1) is 165 Å². The van der Waals surface area contributed by atoms with Crippen LogP contribution in [0.25, 0.3) is 0 Å². The highest BCUT2D eigenvalue weighted by Gasteiger charge is 2.14. The highest BCUT2D eigenvalue weighted by molar-refractivity contribution is 5.69. The summed E-state index contributed by atoms with van der Waals surface area (Å²) in [5.74, 6) is -0.212. The van der Waals surface area contributed by atoms with Crippen LogP contribution in [0.4, 0.5) is 0 Å². The van der Waals surface area contributed by atoms with E-state index in [-0.39, 0.29) is 19.2 Å². The van der Waals surface area contributed by atoms with E-state index in [1.165, 1.54) is 57.8 Å². The predicted octanol–water partition coefficient (Wildman–Crippen LogP) is 6.43. The van der Waals surface area contributed by atoms with Crippen LogP contribution in [0, 0.1) is 0 Å². The van der Waals surface area contributed by atoms with Gasteiger partial charge in [0.15, 0.2) is 0 Å². The molecule has 0 saturated heterocycles. The topological polar surface area (TPSA) is 156 Å². The minimum Gasteiger partial charge on any atom is -0.463 e. The van der Waals surface area contributed by atoms with Crippen molar-refractivity contribution in [3.63, 3.8) is 0 Å². The highest BCUT2D eigenvalue weighted by Crippen LogP contribution is 2.11. The van der Waals surface area contributed by atoms with Gasteiger partial charge in [0.25, 0.3) is 0 Å². The van der Waals surface area contributed by atoms with Crippen molar-refractivity contribution in [3.8, 4) is 0 Å². The smallest absolute Gasteiger partial charge is 0.305 e. The Morgan fingerprint density at radius 2 is 0.683 bits per heavy atom. The number of allylic oxidation sites excluding steroid dienone is 2. The van der Waals surface area contributed by atoms with Gasteiger partial charge in [0, 0.05) is 20.6 Å². The molecule has 1 unspecified atom stereocenters. The SMILES string of the molecule is CCCCCCCC/C=C\CCCCCCCC(=O)OCC(COCCOCCOCCOCCOCCOCCOC)OCCOCCOCCOCCOCCOCCOC. The average molecular weight is 913 g/mol. The van der Waals surface area contributed by atoms with Crippen LogP contribution in [0.3, 0.4) is 0 Å². The third kappa shape index (κ3) is 54.9. The first kappa shape index (κ1) is 61.7. The van der Waals surface area contributed by atoms with Gasteiger partial charge in [-0.15, -0.1) is 0 Å². The molecule has 1 atom stereocenters. The summed E-state index contributed by atoms with van der Waals surface area (Å²) in [6.07, 6.45) is 20.4. The summed E-state index contributed by atoms with van der Waals surface area (Å²) in [6, 6.07) is 0. The van der Waals surface area contributed by atoms with Gasteiger partial charge in [0.1, 0.15) is 12.7 Å². The van der Waals surface area contributed by atoms with E-state index in [0.29, 0.717) is 165 Å². The summed E-state index contributed by atoms with van der Waals surface area (Å²) in [5, 5.41) is 0. The van der Waals surface area contributed by atoms with Crippen LogP contribution in [0.5, 0.6) is 0 Å². The first-order valence-electron chi connectivity index (χ1n) is 24.0. The van der Waals surface area contributed by atoms with Crippen LogP contribution in [-0.4, -0.2) is 198 Å². The normalized spacial score (nSPS) is 12.2. The molecular weight excluding hydrogens is 821 g/mol. The molecule has 0 spiro atoms. The van der Waals surface area contributed by atoms with E-state index in [4.69, 9.17) is 71.1 Å². The molecule has 0 saturated carbocycles. The number of rotatable bonds is 56. The molecule has 0 heterocycles. The van der Waals surface area contributed by atoms with E-state index < -0.39 is 6.10 Å². The molecular formula is C47H92O16. The first-order chi connectivity index (χ1) is 31.2. The molecule has 376 valence electrons. The second-order valence-corrected chi connectivity index (χ2v) is 14.7. The molecule has 0 radical (unpaired) electrons.